The van der Waals surface area contributed by atoms with Gasteiger partial charge in [0.1, 0.15) is 0 Å². The Morgan fingerprint density at radius 1 is 1.22 bits per heavy atom. The number of hydrogen-bond donors (Lipinski definition) is 2. The largest absolute Gasteiger partial charge is 0.326 e. The molecule has 0 saturated heterocycles. The van der Waals surface area contributed by atoms with Crippen molar-refractivity contribution in [3.05, 3.63) is 29.8 Å². The molecule has 0 aliphatic heterocycles. The number of rotatable bonds is 3. The third kappa shape index (κ3) is 4.00. The van der Waals surface area contributed by atoms with E-state index in [1.807, 2.05) is 0 Å². The molecule has 9 heteroatoms. The maximum absolute atomic E-state index is 11.7. The average Bonchev–Trinajstić information content (AvgIpc) is 2.27. The topological polar surface area (TPSA) is 89.3 Å². The summed E-state index contributed by atoms with van der Waals surface area (Å²) >= 11 is 15.8. The first-order valence-corrected chi connectivity index (χ1v) is 7.21. The van der Waals surface area contributed by atoms with Crippen LogP contribution in [-0.2, 0) is 21.4 Å². The van der Waals surface area contributed by atoms with Gasteiger partial charge in [-0.3, -0.25) is 4.79 Å². The molecule has 0 unspecified atom stereocenters. The molecule has 0 heterocycles. The molecule has 0 radical (unpaired) electrons. The summed E-state index contributed by atoms with van der Waals surface area (Å²) in [7, 11) is -4.06. The van der Waals surface area contributed by atoms with E-state index in [1.165, 1.54) is 24.3 Å². The predicted molar refractivity (Wildman–Crippen MR) is 70.0 cm³/mol. The Labute approximate surface area is 119 Å². The number of benzene rings is 1. The standard InChI is InChI=1S/C9H9Cl3N2O3S/c10-9(11,12)8(15)14-18(16,17)7-3-1-6(5-13)2-4-7/h1-4H,5,13H2,(H,14,15). The van der Waals surface area contributed by atoms with Gasteiger partial charge in [0.05, 0.1) is 4.90 Å². The lowest BCUT2D eigenvalue weighted by molar-refractivity contribution is -0.118. The SMILES string of the molecule is NCc1ccc(S(=O)(=O)NC(=O)C(Cl)(Cl)Cl)cc1. The molecule has 0 aromatic heterocycles. The number of alkyl halides is 3. The van der Waals surface area contributed by atoms with Crippen molar-refractivity contribution in [1.29, 1.82) is 0 Å². The van der Waals surface area contributed by atoms with Crippen LogP contribution in [0.1, 0.15) is 5.56 Å². The lowest BCUT2D eigenvalue weighted by atomic mass is 10.2. The summed E-state index contributed by atoms with van der Waals surface area (Å²) < 4.78 is 22.8. The zero-order chi connectivity index (χ0) is 14.0. The summed E-state index contributed by atoms with van der Waals surface area (Å²) in [5, 5.41) is 0. The first kappa shape index (κ1) is 15.5. The number of nitrogens with one attached hydrogen (secondary N) is 1. The van der Waals surface area contributed by atoms with E-state index in [9.17, 15) is 13.2 Å². The van der Waals surface area contributed by atoms with E-state index >= 15 is 0 Å². The lowest BCUT2D eigenvalue weighted by Crippen LogP contribution is -2.38. The van der Waals surface area contributed by atoms with Gasteiger partial charge in [0, 0.05) is 6.54 Å². The van der Waals surface area contributed by atoms with E-state index in [1.54, 1.807) is 4.72 Å². The molecule has 1 amide bonds. The highest BCUT2D eigenvalue weighted by molar-refractivity contribution is 7.90. The number of halogens is 3. The Morgan fingerprint density at radius 3 is 2.11 bits per heavy atom. The van der Waals surface area contributed by atoms with Crippen molar-refractivity contribution in [3.63, 3.8) is 0 Å². The van der Waals surface area contributed by atoms with Gasteiger partial charge < -0.3 is 5.73 Å². The average molecular weight is 332 g/mol. The van der Waals surface area contributed by atoms with Crippen molar-refractivity contribution in [1.82, 2.24) is 4.72 Å². The Kier molecular flexibility index (Phi) is 4.85. The number of sulfonamides is 1. The van der Waals surface area contributed by atoms with Crippen molar-refractivity contribution in [2.45, 2.75) is 15.2 Å². The zero-order valence-corrected chi connectivity index (χ0v) is 11.9. The van der Waals surface area contributed by atoms with Crippen LogP contribution < -0.4 is 10.5 Å². The third-order valence-electron chi connectivity index (χ3n) is 1.95. The molecule has 1 aromatic carbocycles. The minimum Gasteiger partial charge on any atom is -0.326 e. The molecule has 18 heavy (non-hydrogen) atoms. The van der Waals surface area contributed by atoms with Crippen LogP contribution >= 0.6 is 34.8 Å². The van der Waals surface area contributed by atoms with Crippen LogP contribution in [0.2, 0.25) is 0 Å². The smallest absolute Gasteiger partial charge is 0.285 e. The van der Waals surface area contributed by atoms with Gasteiger partial charge in [-0.2, -0.15) is 0 Å². The van der Waals surface area contributed by atoms with Gasteiger partial charge in [0.15, 0.2) is 0 Å². The molecule has 1 aromatic rings. The van der Waals surface area contributed by atoms with Crippen molar-refractivity contribution < 1.29 is 13.2 Å². The van der Waals surface area contributed by atoms with Crippen LogP contribution in [0.4, 0.5) is 0 Å². The number of carbonyl (C=O) groups is 1. The predicted octanol–water partition coefficient (Wildman–Crippen LogP) is 1.32. The van der Waals surface area contributed by atoms with E-state index in [4.69, 9.17) is 40.5 Å². The maximum Gasteiger partial charge on any atom is 0.285 e. The van der Waals surface area contributed by atoms with Crippen molar-refractivity contribution >= 4 is 50.7 Å². The van der Waals surface area contributed by atoms with Crippen molar-refractivity contribution in [2.24, 2.45) is 5.73 Å². The monoisotopic (exact) mass is 330 g/mol. The molecular weight excluding hydrogens is 323 g/mol. The minimum absolute atomic E-state index is 0.123. The van der Waals surface area contributed by atoms with E-state index in [0.717, 1.165) is 5.56 Å². The normalized spacial score (nSPS) is 12.2. The Balaban J connectivity index is 2.96. The Morgan fingerprint density at radius 2 is 1.72 bits per heavy atom. The summed E-state index contributed by atoms with van der Waals surface area (Å²) in [5.41, 5.74) is 6.13. The summed E-state index contributed by atoms with van der Waals surface area (Å²) in [4.78, 5) is 11.1. The van der Waals surface area contributed by atoms with Gasteiger partial charge in [0.25, 0.3) is 19.7 Å². The van der Waals surface area contributed by atoms with Crippen LogP contribution in [0.3, 0.4) is 0 Å². The highest BCUT2D eigenvalue weighted by atomic mass is 35.6. The van der Waals surface area contributed by atoms with Crippen LogP contribution in [0.15, 0.2) is 29.2 Å². The van der Waals surface area contributed by atoms with Crippen LogP contribution in [0.25, 0.3) is 0 Å². The molecule has 0 saturated carbocycles. The van der Waals surface area contributed by atoms with Gasteiger partial charge in [-0.25, -0.2) is 13.1 Å². The van der Waals surface area contributed by atoms with Gasteiger partial charge in [-0.15, -0.1) is 0 Å². The highest BCUT2D eigenvalue weighted by Crippen LogP contribution is 2.26. The second-order valence-electron chi connectivity index (χ2n) is 3.28. The molecule has 0 aliphatic rings. The molecule has 0 bridgehead atoms. The summed E-state index contributed by atoms with van der Waals surface area (Å²) in [6, 6.07) is 5.65. The number of hydrogen-bond acceptors (Lipinski definition) is 4. The second-order valence-corrected chi connectivity index (χ2v) is 7.24. The summed E-state index contributed by atoms with van der Waals surface area (Å²) in [5.74, 6) is -1.24. The molecule has 5 nitrogen and oxygen atoms in total. The van der Waals surface area contributed by atoms with Gasteiger partial charge in [0.2, 0.25) is 0 Å². The number of amides is 1. The van der Waals surface area contributed by atoms with Crippen LogP contribution in [0, 0.1) is 0 Å². The first-order chi connectivity index (χ1) is 8.16. The molecule has 0 atom stereocenters. The fraction of sp³-hybridized carbons (Fsp3) is 0.222. The van der Waals surface area contributed by atoms with Crippen molar-refractivity contribution in [2.75, 3.05) is 0 Å². The summed E-state index contributed by atoms with van der Waals surface area (Å²) in [6.07, 6.45) is 0. The fourth-order valence-electron chi connectivity index (χ4n) is 1.04. The first-order valence-electron chi connectivity index (χ1n) is 4.60. The molecule has 0 aliphatic carbocycles. The molecular formula is C9H9Cl3N2O3S. The number of nitrogens with two attached hydrogens (primary N) is 1. The van der Waals surface area contributed by atoms with E-state index in [0.29, 0.717) is 0 Å². The Bertz CT molecular complexity index is 537. The van der Waals surface area contributed by atoms with E-state index in [-0.39, 0.29) is 11.4 Å². The quantitative estimate of drug-likeness (QED) is 0.818. The van der Waals surface area contributed by atoms with E-state index in [2.05, 4.69) is 0 Å². The lowest BCUT2D eigenvalue weighted by Gasteiger charge is -2.12. The minimum atomic E-state index is -4.06. The zero-order valence-electron chi connectivity index (χ0n) is 8.86. The van der Waals surface area contributed by atoms with E-state index < -0.39 is 19.7 Å². The van der Waals surface area contributed by atoms with Gasteiger partial charge in [-0.1, -0.05) is 46.9 Å². The number of carbonyl (C=O) groups excluding carboxylic acids is 1. The fourth-order valence-corrected chi connectivity index (χ4v) is 2.36. The van der Waals surface area contributed by atoms with Gasteiger partial charge in [-0.05, 0) is 17.7 Å². The molecule has 100 valence electrons. The Hall–Kier alpha value is -0.530. The second kappa shape index (κ2) is 5.63. The third-order valence-corrected chi connectivity index (χ3v) is 3.82. The molecule has 0 fully saturated rings. The summed E-state index contributed by atoms with van der Waals surface area (Å²) in [6.45, 7) is 0.279. The van der Waals surface area contributed by atoms with Gasteiger partial charge >= 0.3 is 0 Å². The highest BCUT2D eigenvalue weighted by Gasteiger charge is 2.34. The molecule has 0 spiro atoms. The maximum atomic E-state index is 11.7. The van der Waals surface area contributed by atoms with Crippen LogP contribution in [0.5, 0.6) is 0 Å². The van der Waals surface area contributed by atoms with Crippen LogP contribution in [-0.4, -0.2) is 18.1 Å². The molecule has 1 rings (SSSR count). The van der Waals surface area contributed by atoms with Crippen molar-refractivity contribution in [3.8, 4) is 0 Å². The molecule has 3 N–H and O–H groups in total.